The van der Waals surface area contributed by atoms with Gasteiger partial charge in [0, 0.05) is 38.0 Å². The molecule has 2 aromatic rings. The van der Waals surface area contributed by atoms with E-state index >= 15 is 0 Å². The molecule has 0 aliphatic heterocycles. The van der Waals surface area contributed by atoms with Crippen LogP contribution in [0.1, 0.15) is 0 Å². The lowest BCUT2D eigenvalue weighted by molar-refractivity contribution is 0.497. The highest BCUT2D eigenvalue weighted by Crippen LogP contribution is 2.18. The third-order valence-corrected chi connectivity index (χ3v) is 4.12. The van der Waals surface area contributed by atoms with Crippen LogP contribution in [0.15, 0.2) is 35.4 Å². The fourth-order valence-corrected chi connectivity index (χ4v) is 2.09. The van der Waals surface area contributed by atoms with E-state index in [4.69, 9.17) is 4.42 Å². The average Bonchev–Trinajstić information content (AvgIpc) is 2.98. The first-order valence-electron chi connectivity index (χ1n) is 5.71. The van der Waals surface area contributed by atoms with Crippen molar-refractivity contribution in [3.05, 3.63) is 31.0 Å². The number of nitrogens with one attached hydrogen (secondary N) is 1. The van der Waals surface area contributed by atoms with Crippen molar-refractivity contribution in [1.29, 1.82) is 0 Å². The molecular formula is C11H16N4O3S. The van der Waals surface area contributed by atoms with Gasteiger partial charge in [-0.3, -0.25) is 4.68 Å². The van der Waals surface area contributed by atoms with Crippen LogP contribution >= 0.6 is 0 Å². The topological polar surface area (TPSA) is 80.4 Å². The lowest BCUT2D eigenvalue weighted by Gasteiger charge is -2.11. The SMILES string of the molecule is CN(C)S(=O)(=O)NCCn1cc(-c2ccoc2)cn1. The molecule has 0 aliphatic rings. The Kier molecular flexibility index (Phi) is 4.03. The molecule has 0 saturated carbocycles. The molecule has 0 radical (unpaired) electrons. The van der Waals surface area contributed by atoms with Crippen LogP contribution in [0.2, 0.25) is 0 Å². The number of hydrogen-bond acceptors (Lipinski definition) is 4. The molecular weight excluding hydrogens is 268 g/mol. The van der Waals surface area contributed by atoms with Gasteiger partial charge in [-0.15, -0.1) is 0 Å². The van der Waals surface area contributed by atoms with E-state index in [0.29, 0.717) is 6.54 Å². The quantitative estimate of drug-likeness (QED) is 0.839. The second kappa shape index (κ2) is 5.55. The molecule has 0 aliphatic carbocycles. The lowest BCUT2D eigenvalue weighted by Crippen LogP contribution is -2.37. The van der Waals surface area contributed by atoms with Crippen molar-refractivity contribution < 1.29 is 12.8 Å². The summed E-state index contributed by atoms with van der Waals surface area (Å²) in [6.07, 6.45) is 6.79. The van der Waals surface area contributed by atoms with Gasteiger partial charge in [-0.25, -0.2) is 4.72 Å². The standard InChI is InChI=1S/C11H16N4O3S/c1-14(2)19(16,17)13-4-5-15-8-11(7-12-15)10-3-6-18-9-10/h3,6-9,13H,4-5H2,1-2H3. The molecule has 0 unspecified atom stereocenters. The number of hydrogen-bond donors (Lipinski definition) is 1. The van der Waals surface area contributed by atoms with Crippen molar-refractivity contribution in [3.8, 4) is 11.1 Å². The molecule has 2 aromatic heterocycles. The van der Waals surface area contributed by atoms with Gasteiger partial charge in [0.05, 0.1) is 25.3 Å². The van der Waals surface area contributed by atoms with Crippen LogP contribution in [0.4, 0.5) is 0 Å². The summed E-state index contributed by atoms with van der Waals surface area (Å²) in [5.41, 5.74) is 1.88. The first kappa shape index (κ1) is 13.8. The van der Waals surface area contributed by atoms with E-state index in [9.17, 15) is 8.42 Å². The summed E-state index contributed by atoms with van der Waals surface area (Å²) in [5.74, 6) is 0. The van der Waals surface area contributed by atoms with E-state index in [1.165, 1.54) is 14.1 Å². The zero-order valence-electron chi connectivity index (χ0n) is 10.8. The maximum absolute atomic E-state index is 11.5. The molecule has 1 N–H and O–H groups in total. The zero-order valence-corrected chi connectivity index (χ0v) is 11.6. The highest BCUT2D eigenvalue weighted by Gasteiger charge is 2.11. The predicted octanol–water partition coefficient (Wildman–Crippen LogP) is 0.539. The molecule has 104 valence electrons. The minimum Gasteiger partial charge on any atom is -0.472 e. The van der Waals surface area contributed by atoms with Gasteiger partial charge >= 0.3 is 0 Å². The average molecular weight is 284 g/mol. The van der Waals surface area contributed by atoms with Crippen molar-refractivity contribution in [2.24, 2.45) is 0 Å². The van der Waals surface area contributed by atoms with Crippen molar-refractivity contribution in [2.75, 3.05) is 20.6 Å². The van der Waals surface area contributed by atoms with Gasteiger partial charge in [0.25, 0.3) is 10.2 Å². The summed E-state index contributed by atoms with van der Waals surface area (Å²) < 4.78 is 33.2. The van der Waals surface area contributed by atoms with Crippen molar-refractivity contribution in [1.82, 2.24) is 18.8 Å². The van der Waals surface area contributed by atoms with Gasteiger partial charge in [-0.05, 0) is 6.07 Å². The first-order chi connectivity index (χ1) is 8.99. The minimum absolute atomic E-state index is 0.285. The van der Waals surface area contributed by atoms with Gasteiger partial charge in [0.2, 0.25) is 0 Å². The minimum atomic E-state index is -3.38. The normalized spacial score (nSPS) is 12.2. The van der Waals surface area contributed by atoms with E-state index in [2.05, 4.69) is 9.82 Å². The van der Waals surface area contributed by atoms with Gasteiger partial charge in [-0.2, -0.15) is 17.8 Å². The molecule has 0 amide bonds. The molecule has 2 rings (SSSR count). The molecule has 0 aromatic carbocycles. The van der Waals surface area contributed by atoms with Crippen LogP contribution in [0.5, 0.6) is 0 Å². The molecule has 0 atom stereocenters. The Morgan fingerprint density at radius 2 is 2.21 bits per heavy atom. The van der Waals surface area contributed by atoms with Crippen LogP contribution in [-0.4, -0.2) is 43.1 Å². The van der Waals surface area contributed by atoms with E-state index in [1.807, 2.05) is 12.3 Å². The maximum Gasteiger partial charge on any atom is 0.278 e. The van der Waals surface area contributed by atoms with Crippen LogP contribution in [0, 0.1) is 0 Å². The zero-order chi connectivity index (χ0) is 13.9. The summed E-state index contributed by atoms with van der Waals surface area (Å²) in [6, 6.07) is 1.84. The second-order valence-corrected chi connectivity index (χ2v) is 6.15. The highest BCUT2D eigenvalue weighted by atomic mass is 32.2. The molecule has 19 heavy (non-hydrogen) atoms. The van der Waals surface area contributed by atoms with Crippen molar-refractivity contribution >= 4 is 10.2 Å². The first-order valence-corrected chi connectivity index (χ1v) is 7.15. The van der Waals surface area contributed by atoms with Crippen LogP contribution in [0.3, 0.4) is 0 Å². The maximum atomic E-state index is 11.5. The molecule has 2 heterocycles. The Morgan fingerprint density at radius 3 is 2.84 bits per heavy atom. The number of aromatic nitrogens is 2. The largest absolute Gasteiger partial charge is 0.472 e. The summed E-state index contributed by atoms with van der Waals surface area (Å²) >= 11 is 0. The summed E-state index contributed by atoms with van der Waals surface area (Å²) in [4.78, 5) is 0. The Morgan fingerprint density at radius 1 is 1.42 bits per heavy atom. The van der Waals surface area contributed by atoms with Crippen LogP contribution in [0.25, 0.3) is 11.1 Å². The number of nitrogens with zero attached hydrogens (tertiary/aromatic N) is 3. The monoisotopic (exact) mass is 284 g/mol. The lowest BCUT2D eigenvalue weighted by atomic mass is 10.2. The Hall–Kier alpha value is -1.64. The predicted molar refractivity (Wildman–Crippen MR) is 70.5 cm³/mol. The summed E-state index contributed by atoms with van der Waals surface area (Å²) in [6.45, 7) is 0.748. The Bertz CT molecular complexity index is 616. The van der Waals surface area contributed by atoms with E-state index in [1.54, 1.807) is 23.4 Å². The smallest absolute Gasteiger partial charge is 0.278 e. The van der Waals surface area contributed by atoms with Crippen molar-refractivity contribution in [2.45, 2.75) is 6.54 Å². The third kappa shape index (κ3) is 3.43. The van der Waals surface area contributed by atoms with Crippen LogP contribution in [-0.2, 0) is 16.8 Å². The van der Waals surface area contributed by atoms with Gasteiger partial charge in [0.15, 0.2) is 0 Å². The van der Waals surface area contributed by atoms with Gasteiger partial charge < -0.3 is 4.42 Å². The molecule has 0 fully saturated rings. The molecule has 0 bridgehead atoms. The fourth-order valence-electron chi connectivity index (χ4n) is 1.48. The van der Waals surface area contributed by atoms with E-state index in [0.717, 1.165) is 15.4 Å². The van der Waals surface area contributed by atoms with Gasteiger partial charge in [-0.1, -0.05) is 0 Å². The number of furan rings is 1. The van der Waals surface area contributed by atoms with Crippen LogP contribution < -0.4 is 4.72 Å². The third-order valence-electron chi connectivity index (χ3n) is 2.59. The van der Waals surface area contributed by atoms with E-state index in [-0.39, 0.29) is 6.54 Å². The number of rotatable bonds is 6. The Balaban J connectivity index is 1.91. The molecule has 0 saturated heterocycles. The molecule has 8 heteroatoms. The van der Waals surface area contributed by atoms with Gasteiger partial charge in [0.1, 0.15) is 0 Å². The summed E-state index contributed by atoms with van der Waals surface area (Å²) in [5, 5.41) is 4.16. The summed E-state index contributed by atoms with van der Waals surface area (Å²) in [7, 11) is -0.419. The highest BCUT2D eigenvalue weighted by molar-refractivity contribution is 7.87. The van der Waals surface area contributed by atoms with Crippen molar-refractivity contribution in [3.63, 3.8) is 0 Å². The fraction of sp³-hybridized carbons (Fsp3) is 0.364. The second-order valence-electron chi connectivity index (χ2n) is 4.19. The van der Waals surface area contributed by atoms with E-state index < -0.39 is 10.2 Å². The molecule has 7 nitrogen and oxygen atoms in total. The Labute approximate surface area is 112 Å². The molecule has 0 spiro atoms.